The Morgan fingerprint density at radius 1 is 1.41 bits per heavy atom. The zero-order chi connectivity index (χ0) is 12.8. The molecule has 94 valence electrons. The summed E-state index contributed by atoms with van der Waals surface area (Å²) in [6.45, 7) is 4.04. The van der Waals surface area contributed by atoms with Gasteiger partial charge >= 0.3 is 0 Å². The fourth-order valence-corrected chi connectivity index (χ4v) is 1.51. The molecule has 0 saturated heterocycles. The van der Waals surface area contributed by atoms with Gasteiger partial charge in [-0.25, -0.2) is 0 Å². The summed E-state index contributed by atoms with van der Waals surface area (Å²) in [6, 6.07) is 3.06. The smallest absolute Gasteiger partial charge is 0.167 e. The number of phenolic OH excluding ortho intramolecular Hbond substituents is 1. The van der Waals surface area contributed by atoms with Crippen molar-refractivity contribution in [1.82, 2.24) is 0 Å². The predicted molar refractivity (Wildman–Crippen MR) is 65.1 cm³/mol. The second-order valence-electron chi connectivity index (χ2n) is 3.78. The molecule has 0 atom stereocenters. The summed E-state index contributed by atoms with van der Waals surface area (Å²) in [7, 11) is 1.46. The fourth-order valence-electron chi connectivity index (χ4n) is 1.51. The van der Waals surface area contributed by atoms with Gasteiger partial charge in [-0.05, 0) is 13.3 Å². The van der Waals surface area contributed by atoms with Crippen LogP contribution in [0.15, 0.2) is 12.1 Å². The van der Waals surface area contributed by atoms with E-state index in [9.17, 15) is 9.90 Å². The van der Waals surface area contributed by atoms with Gasteiger partial charge in [0.1, 0.15) is 22.8 Å². The molecule has 17 heavy (non-hydrogen) atoms. The number of carbonyl (C=O) groups excluding carboxylic acids is 1. The van der Waals surface area contributed by atoms with Crippen LogP contribution in [0.5, 0.6) is 17.2 Å². The highest BCUT2D eigenvalue weighted by atomic mass is 16.5. The van der Waals surface area contributed by atoms with Gasteiger partial charge in [-0.15, -0.1) is 0 Å². The van der Waals surface area contributed by atoms with Gasteiger partial charge in [-0.1, -0.05) is 13.3 Å². The normalized spacial score (nSPS) is 10.1. The minimum Gasteiger partial charge on any atom is -0.507 e. The summed E-state index contributed by atoms with van der Waals surface area (Å²) in [5, 5.41) is 9.75. The molecule has 0 spiro atoms. The molecule has 0 fully saturated rings. The maximum atomic E-state index is 11.3. The summed E-state index contributed by atoms with van der Waals surface area (Å²) in [5.41, 5.74) is 0.190. The number of ether oxygens (including phenoxy) is 2. The molecule has 0 saturated carbocycles. The van der Waals surface area contributed by atoms with E-state index in [-0.39, 0.29) is 17.1 Å². The minimum atomic E-state index is -0.237. The van der Waals surface area contributed by atoms with Crippen molar-refractivity contribution in [1.29, 1.82) is 0 Å². The number of phenols is 1. The van der Waals surface area contributed by atoms with E-state index in [1.165, 1.54) is 20.1 Å². The van der Waals surface area contributed by atoms with Crippen molar-refractivity contribution in [2.75, 3.05) is 13.7 Å². The Kier molecular flexibility index (Phi) is 4.82. The monoisotopic (exact) mass is 238 g/mol. The van der Waals surface area contributed by atoms with Gasteiger partial charge in [0.25, 0.3) is 0 Å². The van der Waals surface area contributed by atoms with E-state index in [2.05, 4.69) is 6.92 Å². The molecular formula is C13H18O4. The largest absolute Gasteiger partial charge is 0.507 e. The van der Waals surface area contributed by atoms with Crippen LogP contribution in [-0.4, -0.2) is 24.6 Å². The van der Waals surface area contributed by atoms with Gasteiger partial charge in [-0.3, -0.25) is 4.79 Å². The van der Waals surface area contributed by atoms with E-state index in [0.29, 0.717) is 18.1 Å². The first-order valence-electron chi connectivity index (χ1n) is 5.64. The number of unbranched alkanes of at least 4 members (excludes halogenated alkanes) is 1. The molecule has 0 heterocycles. The number of carbonyl (C=O) groups is 1. The van der Waals surface area contributed by atoms with E-state index in [0.717, 1.165) is 12.8 Å². The number of benzene rings is 1. The lowest BCUT2D eigenvalue weighted by Crippen LogP contribution is -2.01. The van der Waals surface area contributed by atoms with Crippen LogP contribution in [-0.2, 0) is 0 Å². The SMILES string of the molecule is CCCCOc1cc(O)c(C(C)=O)c(OC)c1. The number of hydrogen-bond donors (Lipinski definition) is 1. The van der Waals surface area contributed by atoms with E-state index < -0.39 is 0 Å². The van der Waals surface area contributed by atoms with Crippen LogP contribution in [0, 0.1) is 0 Å². The van der Waals surface area contributed by atoms with Crippen molar-refractivity contribution in [2.45, 2.75) is 26.7 Å². The number of Topliss-reactive ketones (excluding diaryl/α,β-unsaturated/α-hetero) is 1. The van der Waals surface area contributed by atoms with Gasteiger partial charge in [0.05, 0.1) is 13.7 Å². The van der Waals surface area contributed by atoms with E-state index in [4.69, 9.17) is 9.47 Å². The summed E-state index contributed by atoms with van der Waals surface area (Å²) in [6.07, 6.45) is 1.98. The average Bonchev–Trinajstić information content (AvgIpc) is 2.27. The van der Waals surface area contributed by atoms with E-state index >= 15 is 0 Å². The van der Waals surface area contributed by atoms with Crippen LogP contribution in [0.2, 0.25) is 0 Å². The molecule has 1 aromatic rings. The molecule has 1 rings (SSSR count). The Morgan fingerprint density at radius 3 is 2.65 bits per heavy atom. The highest BCUT2D eigenvalue weighted by molar-refractivity contribution is 5.99. The fraction of sp³-hybridized carbons (Fsp3) is 0.462. The Labute approximate surface area is 101 Å². The molecule has 0 bridgehead atoms. The second kappa shape index (κ2) is 6.13. The second-order valence-corrected chi connectivity index (χ2v) is 3.78. The Hall–Kier alpha value is -1.71. The van der Waals surface area contributed by atoms with Crippen LogP contribution in [0.1, 0.15) is 37.0 Å². The van der Waals surface area contributed by atoms with Crippen LogP contribution in [0.3, 0.4) is 0 Å². The topological polar surface area (TPSA) is 55.8 Å². The van der Waals surface area contributed by atoms with Crippen molar-refractivity contribution < 1.29 is 19.4 Å². The maximum absolute atomic E-state index is 11.3. The third kappa shape index (κ3) is 3.37. The third-order valence-electron chi connectivity index (χ3n) is 2.39. The van der Waals surface area contributed by atoms with Gasteiger partial charge in [0.2, 0.25) is 0 Å². The molecule has 4 heteroatoms. The standard InChI is InChI=1S/C13H18O4/c1-4-5-6-17-10-7-11(15)13(9(2)14)12(8-10)16-3/h7-8,15H,4-6H2,1-3H3. The van der Waals surface area contributed by atoms with Crippen LogP contribution >= 0.6 is 0 Å². The van der Waals surface area contributed by atoms with Gasteiger partial charge in [-0.2, -0.15) is 0 Å². The highest BCUT2D eigenvalue weighted by Crippen LogP contribution is 2.33. The van der Waals surface area contributed by atoms with Crippen molar-refractivity contribution in [3.8, 4) is 17.2 Å². The summed E-state index contributed by atoms with van der Waals surface area (Å²) >= 11 is 0. The zero-order valence-corrected chi connectivity index (χ0v) is 10.4. The Bertz CT molecular complexity index is 399. The maximum Gasteiger partial charge on any atom is 0.167 e. The summed E-state index contributed by atoms with van der Waals surface area (Å²) in [5.74, 6) is 0.504. The molecular weight excluding hydrogens is 220 g/mol. The molecule has 1 N–H and O–H groups in total. The van der Waals surface area contributed by atoms with Crippen molar-refractivity contribution in [2.24, 2.45) is 0 Å². The number of aromatic hydroxyl groups is 1. The number of methoxy groups -OCH3 is 1. The Balaban J connectivity index is 2.96. The molecule has 0 aromatic heterocycles. The minimum absolute atomic E-state index is 0.108. The highest BCUT2D eigenvalue weighted by Gasteiger charge is 2.15. The first kappa shape index (κ1) is 13.4. The number of rotatable bonds is 6. The van der Waals surface area contributed by atoms with E-state index in [1.54, 1.807) is 6.07 Å². The van der Waals surface area contributed by atoms with Gasteiger partial charge in [0.15, 0.2) is 5.78 Å². The van der Waals surface area contributed by atoms with Gasteiger partial charge < -0.3 is 14.6 Å². The molecule has 0 amide bonds. The molecule has 4 nitrogen and oxygen atoms in total. The summed E-state index contributed by atoms with van der Waals surface area (Å²) in [4.78, 5) is 11.3. The lowest BCUT2D eigenvalue weighted by Gasteiger charge is -2.11. The quantitative estimate of drug-likeness (QED) is 0.611. The average molecular weight is 238 g/mol. The molecule has 0 radical (unpaired) electrons. The summed E-state index contributed by atoms with van der Waals surface area (Å²) < 4.78 is 10.5. The van der Waals surface area contributed by atoms with Crippen LogP contribution < -0.4 is 9.47 Å². The molecule has 0 aliphatic heterocycles. The third-order valence-corrected chi connectivity index (χ3v) is 2.39. The zero-order valence-electron chi connectivity index (χ0n) is 10.4. The van der Waals surface area contributed by atoms with Crippen molar-refractivity contribution in [3.05, 3.63) is 17.7 Å². The lowest BCUT2D eigenvalue weighted by atomic mass is 10.1. The predicted octanol–water partition coefficient (Wildman–Crippen LogP) is 2.78. The molecule has 0 unspecified atom stereocenters. The van der Waals surface area contributed by atoms with Crippen LogP contribution in [0.4, 0.5) is 0 Å². The molecule has 0 aliphatic rings. The van der Waals surface area contributed by atoms with Crippen LogP contribution in [0.25, 0.3) is 0 Å². The number of hydrogen-bond acceptors (Lipinski definition) is 4. The first-order chi connectivity index (χ1) is 8.10. The van der Waals surface area contributed by atoms with Gasteiger partial charge in [0, 0.05) is 12.1 Å². The van der Waals surface area contributed by atoms with E-state index in [1.807, 2.05) is 0 Å². The molecule has 0 aliphatic carbocycles. The first-order valence-corrected chi connectivity index (χ1v) is 5.64. The van der Waals surface area contributed by atoms with Crippen molar-refractivity contribution >= 4 is 5.78 Å². The van der Waals surface area contributed by atoms with Crippen molar-refractivity contribution in [3.63, 3.8) is 0 Å². The lowest BCUT2D eigenvalue weighted by molar-refractivity contribution is 0.101. The molecule has 1 aromatic carbocycles. The number of ketones is 1. The Morgan fingerprint density at radius 2 is 2.12 bits per heavy atom.